The molecule has 19 heavy (non-hydrogen) atoms. The van der Waals surface area contributed by atoms with Crippen molar-refractivity contribution >= 4 is 27.2 Å². The van der Waals surface area contributed by atoms with Crippen LogP contribution in [0.2, 0.25) is 0 Å². The Bertz CT molecular complexity index is 884. The van der Waals surface area contributed by atoms with Crippen LogP contribution in [0.15, 0.2) is 53.6 Å². The topological polar surface area (TPSA) is 72.5 Å². The number of nitriles is 1. The minimum Gasteiger partial charge on any atom is -0.192 e. The molecule has 0 aliphatic carbocycles. The van der Waals surface area contributed by atoms with Crippen LogP contribution >= 0.6 is 0 Å². The summed E-state index contributed by atoms with van der Waals surface area (Å²) in [5.41, 5.74) is 9.45. The smallest absolute Gasteiger partial charge is 0.0996 e. The molecule has 0 saturated carbocycles. The molecule has 0 saturated heterocycles. The Balaban J connectivity index is 2.51. The van der Waals surface area contributed by atoms with E-state index in [0.29, 0.717) is 11.3 Å². The average molecular weight is 244 g/mol. The van der Waals surface area contributed by atoms with Crippen LogP contribution in [-0.4, -0.2) is 0 Å². The van der Waals surface area contributed by atoms with Crippen molar-refractivity contribution in [2.45, 2.75) is 0 Å². The lowest BCUT2D eigenvalue weighted by Crippen LogP contribution is -1.81. The van der Waals surface area contributed by atoms with Crippen molar-refractivity contribution in [3.63, 3.8) is 0 Å². The highest BCUT2D eigenvalue weighted by Crippen LogP contribution is 2.33. The van der Waals surface area contributed by atoms with E-state index in [-0.39, 0.29) is 0 Å². The van der Waals surface area contributed by atoms with E-state index < -0.39 is 0 Å². The lowest BCUT2D eigenvalue weighted by Gasteiger charge is -2.06. The third kappa shape index (κ3) is 1.75. The van der Waals surface area contributed by atoms with Gasteiger partial charge in [-0.25, -0.2) is 0 Å². The van der Waals surface area contributed by atoms with E-state index in [0.717, 1.165) is 21.5 Å². The summed E-state index contributed by atoms with van der Waals surface area (Å²) >= 11 is 0. The van der Waals surface area contributed by atoms with E-state index in [1.165, 1.54) is 0 Å². The first kappa shape index (κ1) is 11.1. The molecule has 0 atom stereocenters. The van der Waals surface area contributed by atoms with Crippen LogP contribution in [0.4, 0.5) is 5.69 Å². The lowest BCUT2D eigenvalue weighted by molar-refractivity contribution is 1.44. The molecule has 3 aromatic carbocycles. The normalized spacial score (nSPS) is 10.1. The standard InChI is InChI=1S/C15H8N4/c16-9-13-6-5-12-7-10-3-1-2-4-11(10)8-14(12)15(13)18-19-17/h1-8H. The summed E-state index contributed by atoms with van der Waals surface area (Å²) < 4.78 is 0. The highest BCUT2D eigenvalue weighted by molar-refractivity contribution is 6.04. The maximum atomic E-state index is 9.08. The SMILES string of the molecule is N#Cc1ccc2cc3ccccc3cc2c1N=[N+]=[N-]. The largest absolute Gasteiger partial charge is 0.192 e. The van der Waals surface area contributed by atoms with Gasteiger partial charge in [-0.15, -0.1) is 0 Å². The Morgan fingerprint density at radius 2 is 1.74 bits per heavy atom. The van der Waals surface area contributed by atoms with E-state index in [9.17, 15) is 0 Å². The summed E-state index contributed by atoms with van der Waals surface area (Å²) in [6.07, 6.45) is 0. The van der Waals surface area contributed by atoms with Gasteiger partial charge < -0.3 is 0 Å². The number of benzene rings is 3. The number of fused-ring (bicyclic) bond motifs is 2. The fourth-order valence-corrected chi connectivity index (χ4v) is 2.24. The summed E-state index contributed by atoms with van der Waals surface area (Å²) in [4.78, 5) is 2.82. The van der Waals surface area contributed by atoms with Crippen LogP contribution in [0.5, 0.6) is 0 Å². The molecule has 3 rings (SSSR count). The number of nitrogens with zero attached hydrogens (tertiary/aromatic N) is 4. The Morgan fingerprint density at radius 1 is 1.00 bits per heavy atom. The molecule has 88 valence electrons. The molecular weight excluding hydrogens is 236 g/mol. The third-order valence-corrected chi connectivity index (χ3v) is 3.12. The quantitative estimate of drug-likeness (QED) is 0.262. The lowest BCUT2D eigenvalue weighted by atomic mass is 10.00. The zero-order chi connectivity index (χ0) is 13.2. The van der Waals surface area contributed by atoms with Crippen molar-refractivity contribution in [1.82, 2.24) is 0 Å². The molecule has 4 heteroatoms. The van der Waals surface area contributed by atoms with Gasteiger partial charge in [0.15, 0.2) is 0 Å². The number of hydrogen-bond acceptors (Lipinski definition) is 2. The van der Waals surface area contributed by atoms with Crippen molar-refractivity contribution in [2.75, 3.05) is 0 Å². The second kappa shape index (κ2) is 4.34. The molecule has 0 spiro atoms. The maximum absolute atomic E-state index is 9.08. The van der Waals surface area contributed by atoms with Crippen LogP contribution in [0, 0.1) is 11.3 Å². The Hall–Kier alpha value is -3.02. The van der Waals surface area contributed by atoms with Gasteiger partial charge in [-0.3, -0.25) is 0 Å². The van der Waals surface area contributed by atoms with Gasteiger partial charge >= 0.3 is 0 Å². The molecule has 0 fully saturated rings. The third-order valence-electron chi connectivity index (χ3n) is 3.12. The van der Waals surface area contributed by atoms with Gasteiger partial charge in [0.05, 0.1) is 17.3 Å². The fourth-order valence-electron chi connectivity index (χ4n) is 2.24. The molecule has 0 N–H and O–H groups in total. The Labute approximate surface area is 109 Å². The van der Waals surface area contributed by atoms with Crippen LogP contribution in [0.25, 0.3) is 32.0 Å². The van der Waals surface area contributed by atoms with Gasteiger partial charge in [0, 0.05) is 4.91 Å². The van der Waals surface area contributed by atoms with Crippen molar-refractivity contribution in [3.8, 4) is 6.07 Å². The van der Waals surface area contributed by atoms with Crippen molar-refractivity contribution in [3.05, 3.63) is 64.5 Å². The van der Waals surface area contributed by atoms with Gasteiger partial charge in [-0.2, -0.15) is 5.26 Å². The van der Waals surface area contributed by atoms with E-state index in [1.807, 2.05) is 42.5 Å². The van der Waals surface area contributed by atoms with Crippen LogP contribution in [0.3, 0.4) is 0 Å². The summed E-state index contributed by atoms with van der Waals surface area (Å²) in [6, 6.07) is 17.5. The van der Waals surface area contributed by atoms with Gasteiger partial charge in [-0.05, 0) is 45.3 Å². The zero-order valence-electron chi connectivity index (χ0n) is 9.91. The van der Waals surface area contributed by atoms with Crippen LogP contribution in [-0.2, 0) is 0 Å². The molecule has 0 radical (unpaired) electrons. The van der Waals surface area contributed by atoms with Gasteiger partial charge in [-0.1, -0.05) is 35.4 Å². The zero-order valence-corrected chi connectivity index (χ0v) is 9.91. The Kier molecular flexibility index (Phi) is 2.53. The van der Waals surface area contributed by atoms with Crippen molar-refractivity contribution in [2.24, 2.45) is 5.11 Å². The first-order chi connectivity index (χ1) is 9.33. The van der Waals surface area contributed by atoms with Crippen molar-refractivity contribution < 1.29 is 0 Å². The van der Waals surface area contributed by atoms with Gasteiger partial charge in [0.2, 0.25) is 0 Å². The highest BCUT2D eigenvalue weighted by Gasteiger charge is 2.07. The molecule has 4 nitrogen and oxygen atoms in total. The second-order valence-corrected chi connectivity index (χ2v) is 4.18. The van der Waals surface area contributed by atoms with E-state index in [4.69, 9.17) is 10.8 Å². The average Bonchev–Trinajstić information content (AvgIpc) is 2.46. The molecule has 0 aromatic heterocycles. The van der Waals surface area contributed by atoms with Crippen LogP contribution in [0.1, 0.15) is 5.56 Å². The summed E-state index contributed by atoms with van der Waals surface area (Å²) in [7, 11) is 0. The second-order valence-electron chi connectivity index (χ2n) is 4.18. The molecule has 0 heterocycles. The number of hydrogen-bond donors (Lipinski definition) is 0. The van der Waals surface area contributed by atoms with Gasteiger partial charge in [0.25, 0.3) is 0 Å². The number of azide groups is 1. The van der Waals surface area contributed by atoms with Crippen molar-refractivity contribution in [1.29, 1.82) is 5.26 Å². The molecular formula is C15H8N4. The first-order valence-electron chi connectivity index (χ1n) is 5.74. The maximum Gasteiger partial charge on any atom is 0.0996 e. The van der Waals surface area contributed by atoms with E-state index in [1.54, 1.807) is 6.07 Å². The highest BCUT2D eigenvalue weighted by atomic mass is 15.1. The molecule has 0 aliphatic heterocycles. The molecule has 0 amide bonds. The summed E-state index contributed by atoms with van der Waals surface area (Å²) in [5.74, 6) is 0. The fraction of sp³-hybridized carbons (Fsp3) is 0. The first-order valence-corrected chi connectivity index (χ1v) is 5.74. The molecule has 0 bridgehead atoms. The predicted molar refractivity (Wildman–Crippen MR) is 75.0 cm³/mol. The van der Waals surface area contributed by atoms with E-state index >= 15 is 0 Å². The molecule has 0 unspecified atom stereocenters. The minimum absolute atomic E-state index is 0.389. The molecule has 0 aliphatic rings. The predicted octanol–water partition coefficient (Wildman–Crippen LogP) is 4.81. The molecule has 3 aromatic rings. The van der Waals surface area contributed by atoms with Crippen LogP contribution < -0.4 is 0 Å². The Morgan fingerprint density at radius 3 is 2.42 bits per heavy atom. The monoisotopic (exact) mass is 244 g/mol. The number of rotatable bonds is 1. The minimum atomic E-state index is 0.389. The summed E-state index contributed by atoms with van der Waals surface area (Å²) in [6.45, 7) is 0. The van der Waals surface area contributed by atoms with Gasteiger partial charge in [0.1, 0.15) is 0 Å². The summed E-state index contributed by atoms with van der Waals surface area (Å²) in [5, 5.41) is 16.7. The van der Waals surface area contributed by atoms with E-state index in [2.05, 4.69) is 16.1 Å².